The van der Waals surface area contributed by atoms with Crippen LogP contribution in [0.4, 0.5) is 4.39 Å². The number of nitrogens with zero attached hydrogens (tertiary/aromatic N) is 1. The molecule has 4 nitrogen and oxygen atoms in total. The molecule has 0 aliphatic heterocycles. The summed E-state index contributed by atoms with van der Waals surface area (Å²) in [7, 11) is 0. The number of benzene rings is 1. The lowest BCUT2D eigenvalue weighted by Gasteiger charge is -2.07. The lowest BCUT2D eigenvalue weighted by molar-refractivity contribution is 0.0951. The summed E-state index contributed by atoms with van der Waals surface area (Å²) in [6, 6.07) is 6.55. The summed E-state index contributed by atoms with van der Waals surface area (Å²) >= 11 is 0. The van der Waals surface area contributed by atoms with Crippen molar-refractivity contribution in [1.82, 2.24) is 10.5 Å². The fourth-order valence-corrected chi connectivity index (χ4v) is 2.16. The van der Waals surface area contributed by atoms with Crippen LogP contribution in [0.2, 0.25) is 0 Å². The molecule has 1 aromatic carbocycles. The van der Waals surface area contributed by atoms with Gasteiger partial charge in [-0.25, -0.2) is 4.39 Å². The van der Waals surface area contributed by atoms with Gasteiger partial charge in [0.05, 0.1) is 5.69 Å². The zero-order valence-corrected chi connectivity index (χ0v) is 12.4. The molecule has 1 amide bonds. The molecule has 0 atom stereocenters. The molecule has 1 N–H and O–H groups in total. The quantitative estimate of drug-likeness (QED) is 0.920. The predicted molar refractivity (Wildman–Crippen MR) is 77.8 cm³/mol. The van der Waals surface area contributed by atoms with Gasteiger partial charge >= 0.3 is 0 Å². The summed E-state index contributed by atoms with van der Waals surface area (Å²) in [5.41, 5.74) is 1.64. The van der Waals surface area contributed by atoms with Gasteiger partial charge in [0.2, 0.25) is 0 Å². The monoisotopic (exact) mass is 290 g/mol. The second-order valence-corrected chi connectivity index (χ2v) is 5.26. The van der Waals surface area contributed by atoms with Gasteiger partial charge in [0, 0.05) is 12.5 Å². The Morgan fingerprint density at radius 2 is 2.10 bits per heavy atom. The summed E-state index contributed by atoms with van der Waals surface area (Å²) in [6.07, 6.45) is 0.444. The molecule has 0 bridgehead atoms. The van der Waals surface area contributed by atoms with Crippen LogP contribution in [0.5, 0.6) is 0 Å². The third-order valence-electron chi connectivity index (χ3n) is 3.28. The molecule has 21 heavy (non-hydrogen) atoms. The number of aromatic nitrogens is 1. The molecule has 0 unspecified atom stereocenters. The molecule has 1 aromatic heterocycles. The first kappa shape index (κ1) is 15.2. The number of carbonyl (C=O) groups excluding carboxylic acids is 1. The van der Waals surface area contributed by atoms with Crippen LogP contribution in [0, 0.1) is 12.7 Å². The number of halogens is 1. The van der Waals surface area contributed by atoms with E-state index < -0.39 is 0 Å². The van der Waals surface area contributed by atoms with E-state index in [0.29, 0.717) is 35.5 Å². The molecular weight excluding hydrogens is 271 g/mol. The molecule has 0 saturated carbocycles. The van der Waals surface area contributed by atoms with Gasteiger partial charge in [-0.15, -0.1) is 0 Å². The lowest BCUT2D eigenvalue weighted by atomic mass is 10.0. The average molecular weight is 290 g/mol. The van der Waals surface area contributed by atoms with Crippen molar-refractivity contribution in [2.24, 2.45) is 0 Å². The van der Waals surface area contributed by atoms with Crippen LogP contribution in [0.1, 0.15) is 47.1 Å². The zero-order valence-electron chi connectivity index (χ0n) is 12.4. The highest BCUT2D eigenvalue weighted by Crippen LogP contribution is 2.22. The third-order valence-corrected chi connectivity index (χ3v) is 3.28. The molecule has 0 spiro atoms. The minimum absolute atomic E-state index is 0.0820. The van der Waals surface area contributed by atoms with Gasteiger partial charge in [0.15, 0.2) is 5.76 Å². The molecule has 0 radical (unpaired) electrons. The molecule has 0 saturated heterocycles. The Hall–Kier alpha value is -2.17. The number of nitrogens with one attached hydrogen (secondary N) is 1. The van der Waals surface area contributed by atoms with E-state index in [1.807, 2.05) is 13.8 Å². The smallest absolute Gasteiger partial charge is 0.256 e. The van der Waals surface area contributed by atoms with E-state index in [1.165, 1.54) is 6.07 Å². The van der Waals surface area contributed by atoms with Gasteiger partial charge in [0.1, 0.15) is 11.4 Å². The van der Waals surface area contributed by atoms with Crippen LogP contribution in [-0.2, 0) is 6.42 Å². The van der Waals surface area contributed by atoms with Crippen LogP contribution >= 0.6 is 0 Å². The summed E-state index contributed by atoms with van der Waals surface area (Å²) in [5, 5.41) is 6.63. The molecule has 0 fully saturated rings. The van der Waals surface area contributed by atoms with Gasteiger partial charge < -0.3 is 9.84 Å². The molecule has 5 heteroatoms. The van der Waals surface area contributed by atoms with E-state index in [1.54, 1.807) is 25.1 Å². The Labute approximate surface area is 123 Å². The van der Waals surface area contributed by atoms with Crippen molar-refractivity contribution in [2.45, 2.75) is 33.1 Å². The largest absolute Gasteiger partial charge is 0.360 e. The van der Waals surface area contributed by atoms with Crippen LogP contribution in [0.3, 0.4) is 0 Å². The maximum absolute atomic E-state index is 13.5. The highest BCUT2D eigenvalue weighted by Gasteiger charge is 2.22. The summed E-state index contributed by atoms with van der Waals surface area (Å²) < 4.78 is 18.7. The van der Waals surface area contributed by atoms with Gasteiger partial charge in [-0.1, -0.05) is 37.2 Å². The number of aryl methyl sites for hydroxylation is 1. The van der Waals surface area contributed by atoms with Crippen LogP contribution in [0.25, 0.3) is 0 Å². The second-order valence-electron chi connectivity index (χ2n) is 5.26. The lowest BCUT2D eigenvalue weighted by Crippen LogP contribution is -2.27. The van der Waals surface area contributed by atoms with Gasteiger partial charge in [-0.05, 0) is 25.0 Å². The zero-order chi connectivity index (χ0) is 15.4. The van der Waals surface area contributed by atoms with Crippen molar-refractivity contribution in [3.63, 3.8) is 0 Å². The minimum Gasteiger partial charge on any atom is -0.360 e. The third kappa shape index (κ3) is 3.48. The van der Waals surface area contributed by atoms with Crippen molar-refractivity contribution >= 4 is 5.91 Å². The van der Waals surface area contributed by atoms with Crippen LogP contribution in [0.15, 0.2) is 28.8 Å². The van der Waals surface area contributed by atoms with Gasteiger partial charge in [-0.3, -0.25) is 4.79 Å². The maximum Gasteiger partial charge on any atom is 0.256 e. The number of hydrogen-bond donors (Lipinski definition) is 1. The first-order valence-corrected chi connectivity index (χ1v) is 6.98. The Bertz CT molecular complexity index is 635. The Balaban J connectivity index is 2.00. The number of amides is 1. The number of rotatable bonds is 5. The van der Waals surface area contributed by atoms with E-state index in [-0.39, 0.29) is 17.6 Å². The molecule has 2 aromatic rings. The molecule has 1 heterocycles. The highest BCUT2D eigenvalue weighted by molar-refractivity contribution is 5.96. The molecular formula is C16H19FN2O2. The maximum atomic E-state index is 13.5. The predicted octanol–water partition coefficient (Wildman–Crippen LogP) is 3.22. The van der Waals surface area contributed by atoms with Crippen LogP contribution < -0.4 is 5.32 Å². The number of hydrogen-bond acceptors (Lipinski definition) is 3. The standard InChI is InChI=1S/C16H19FN2O2/c1-10(2)15-14(11(3)19-21-15)16(20)18-9-8-12-6-4-5-7-13(12)17/h4-7,10H,8-9H2,1-3H3,(H,18,20). The second kappa shape index (κ2) is 6.52. The van der Waals surface area contributed by atoms with Crippen molar-refractivity contribution < 1.29 is 13.7 Å². The van der Waals surface area contributed by atoms with Crippen molar-refractivity contribution in [2.75, 3.05) is 6.54 Å². The average Bonchev–Trinajstić information content (AvgIpc) is 2.83. The Kier molecular flexibility index (Phi) is 4.73. The highest BCUT2D eigenvalue weighted by atomic mass is 19.1. The van der Waals surface area contributed by atoms with Crippen molar-refractivity contribution in [3.05, 3.63) is 52.7 Å². The Morgan fingerprint density at radius 3 is 2.76 bits per heavy atom. The number of carbonyl (C=O) groups is 1. The normalized spacial score (nSPS) is 10.9. The fraction of sp³-hybridized carbons (Fsp3) is 0.375. The van der Waals surface area contributed by atoms with E-state index >= 15 is 0 Å². The first-order chi connectivity index (χ1) is 10.0. The van der Waals surface area contributed by atoms with Crippen molar-refractivity contribution in [3.8, 4) is 0 Å². The van der Waals surface area contributed by atoms with Crippen molar-refractivity contribution in [1.29, 1.82) is 0 Å². The van der Waals surface area contributed by atoms with Crippen LogP contribution in [-0.4, -0.2) is 17.6 Å². The van der Waals surface area contributed by atoms with E-state index in [0.717, 1.165) is 0 Å². The first-order valence-electron chi connectivity index (χ1n) is 6.98. The summed E-state index contributed by atoms with van der Waals surface area (Å²) in [5.74, 6) is 0.180. The van der Waals surface area contributed by atoms with E-state index in [2.05, 4.69) is 10.5 Å². The van der Waals surface area contributed by atoms with E-state index in [9.17, 15) is 9.18 Å². The van der Waals surface area contributed by atoms with Gasteiger partial charge in [0.25, 0.3) is 5.91 Å². The molecule has 0 aliphatic rings. The molecule has 112 valence electrons. The minimum atomic E-state index is -0.254. The Morgan fingerprint density at radius 1 is 1.38 bits per heavy atom. The molecule has 2 rings (SSSR count). The van der Waals surface area contributed by atoms with E-state index in [4.69, 9.17) is 4.52 Å². The molecule has 0 aliphatic carbocycles. The van der Waals surface area contributed by atoms with Gasteiger partial charge in [-0.2, -0.15) is 0 Å². The fourth-order valence-electron chi connectivity index (χ4n) is 2.16. The summed E-state index contributed by atoms with van der Waals surface area (Å²) in [4.78, 5) is 12.2. The SMILES string of the molecule is Cc1noc(C(C)C)c1C(=O)NCCc1ccccc1F. The summed E-state index contributed by atoms with van der Waals surface area (Å²) in [6.45, 7) is 5.98. The topological polar surface area (TPSA) is 55.1 Å².